The Morgan fingerprint density at radius 3 is 1.89 bits per heavy atom. The predicted molar refractivity (Wildman–Crippen MR) is 116 cm³/mol. The van der Waals surface area contributed by atoms with Crippen LogP contribution in [0.1, 0.15) is 24.0 Å². The summed E-state index contributed by atoms with van der Waals surface area (Å²) in [6, 6.07) is 17.8. The van der Waals surface area contributed by atoms with Crippen molar-refractivity contribution in [1.29, 1.82) is 0 Å². The fraction of sp³-hybridized carbons (Fsp3) is 0.435. The van der Waals surface area contributed by atoms with Gasteiger partial charge in [0.05, 0.1) is 13.1 Å². The fourth-order valence-corrected chi connectivity index (χ4v) is 3.48. The van der Waals surface area contributed by atoms with Gasteiger partial charge in [0.2, 0.25) is 6.34 Å². The van der Waals surface area contributed by atoms with Crippen molar-refractivity contribution in [1.82, 2.24) is 4.90 Å². The molecule has 144 valence electrons. The van der Waals surface area contributed by atoms with Crippen molar-refractivity contribution >= 4 is 17.7 Å². The van der Waals surface area contributed by atoms with E-state index in [1.807, 2.05) is 0 Å². The van der Waals surface area contributed by atoms with Gasteiger partial charge in [-0.3, -0.25) is 9.48 Å². The molecule has 27 heavy (non-hydrogen) atoms. The molecule has 0 atom stereocenters. The topological polar surface area (TPSA) is 12.7 Å². The van der Waals surface area contributed by atoms with Crippen LogP contribution in [0.4, 0.5) is 11.4 Å². The van der Waals surface area contributed by atoms with Gasteiger partial charge in [0.1, 0.15) is 13.1 Å². The minimum absolute atomic E-state index is 0.976. The average molecular weight is 366 g/mol. The lowest BCUT2D eigenvalue weighted by atomic mass is 10.2. The first-order valence-electron chi connectivity index (χ1n) is 9.87. The van der Waals surface area contributed by atoms with E-state index in [1.54, 1.807) is 0 Å². The monoisotopic (exact) mass is 365 g/mol. The lowest BCUT2D eigenvalue weighted by Crippen LogP contribution is -2.26. The number of nitrogens with zero attached hydrogens (tertiary/aromatic N) is 4. The second-order valence-electron chi connectivity index (χ2n) is 7.89. The van der Waals surface area contributed by atoms with Crippen molar-refractivity contribution in [2.75, 3.05) is 51.1 Å². The van der Waals surface area contributed by atoms with E-state index < -0.39 is 0 Å². The van der Waals surface area contributed by atoms with E-state index in [4.69, 9.17) is 0 Å². The smallest absolute Gasteiger partial charge is 0.234 e. The minimum atomic E-state index is 0.976. The fourth-order valence-electron chi connectivity index (χ4n) is 3.48. The first kappa shape index (κ1) is 19.3. The Morgan fingerprint density at radius 2 is 1.33 bits per heavy atom. The van der Waals surface area contributed by atoms with Crippen LogP contribution in [0, 0.1) is 0 Å². The zero-order valence-corrected chi connectivity index (χ0v) is 17.2. The number of benzene rings is 2. The molecule has 3 rings (SSSR count). The molecule has 0 bridgehead atoms. The summed E-state index contributed by atoms with van der Waals surface area (Å²) in [7, 11) is 8.34. The van der Waals surface area contributed by atoms with Crippen LogP contribution >= 0.6 is 0 Å². The van der Waals surface area contributed by atoms with Crippen molar-refractivity contribution in [2.45, 2.75) is 25.9 Å². The normalized spacial score (nSPS) is 14.5. The van der Waals surface area contributed by atoms with Gasteiger partial charge in [-0.1, -0.05) is 24.3 Å². The van der Waals surface area contributed by atoms with Crippen LogP contribution in [0.5, 0.6) is 0 Å². The molecule has 4 nitrogen and oxygen atoms in total. The molecule has 0 spiro atoms. The molecule has 1 heterocycles. The van der Waals surface area contributed by atoms with E-state index in [1.165, 1.54) is 35.3 Å². The molecule has 0 amide bonds. The van der Waals surface area contributed by atoms with Gasteiger partial charge < -0.3 is 9.80 Å². The lowest BCUT2D eigenvalue weighted by Gasteiger charge is -2.15. The van der Waals surface area contributed by atoms with E-state index in [0.29, 0.717) is 0 Å². The Hall–Kier alpha value is -2.49. The highest BCUT2D eigenvalue weighted by Gasteiger charge is 2.15. The maximum Gasteiger partial charge on any atom is 0.234 e. The Kier molecular flexibility index (Phi) is 6.38. The maximum absolute atomic E-state index is 2.46. The highest BCUT2D eigenvalue weighted by atomic mass is 15.2. The third kappa shape index (κ3) is 5.49. The van der Waals surface area contributed by atoms with E-state index in [-0.39, 0.29) is 0 Å². The van der Waals surface area contributed by atoms with Crippen LogP contribution in [0.25, 0.3) is 0 Å². The third-order valence-corrected chi connectivity index (χ3v) is 5.14. The van der Waals surface area contributed by atoms with Crippen molar-refractivity contribution in [3.63, 3.8) is 0 Å². The van der Waals surface area contributed by atoms with Crippen molar-refractivity contribution in [3.8, 4) is 0 Å². The standard InChI is InChI=1S/C23H33N4/c1-24(2)22-11-7-20(8-12-22)17-26-15-5-6-16-27(19-26)18-21-9-13-23(14-10-21)25(3)4/h7-14,19H,5-6,15-18H2,1-4H3/q+1. The van der Waals surface area contributed by atoms with Gasteiger partial charge in [0, 0.05) is 39.6 Å². The first-order valence-corrected chi connectivity index (χ1v) is 9.87. The molecule has 0 saturated carbocycles. The Bertz CT molecular complexity index is 745. The van der Waals surface area contributed by atoms with Crippen molar-refractivity contribution < 1.29 is 4.58 Å². The average Bonchev–Trinajstić information content (AvgIpc) is 2.87. The van der Waals surface area contributed by atoms with Gasteiger partial charge in [-0.05, 0) is 48.2 Å². The van der Waals surface area contributed by atoms with Crippen molar-refractivity contribution in [3.05, 3.63) is 59.7 Å². The van der Waals surface area contributed by atoms with Crippen LogP contribution in [0.15, 0.2) is 48.5 Å². The molecule has 0 fully saturated rings. The highest BCUT2D eigenvalue weighted by molar-refractivity contribution is 5.51. The number of rotatable bonds is 6. The molecule has 0 N–H and O–H groups in total. The molecule has 0 saturated heterocycles. The minimum Gasteiger partial charge on any atom is -0.378 e. The van der Waals surface area contributed by atoms with Gasteiger partial charge in [0.25, 0.3) is 0 Å². The summed E-state index contributed by atoms with van der Waals surface area (Å²) in [5.41, 5.74) is 5.24. The van der Waals surface area contributed by atoms with Crippen LogP contribution in [-0.4, -0.2) is 57.1 Å². The van der Waals surface area contributed by atoms with E-state index >= 15 is 0 Å². The van der Waals surface area contributed by atoms with Crippen LogP contribution in [0.2, 0.25) is 0 Å². The summed E-state index contributed by atoms with van der Waals surface area (Å²) < 4.78 is 2.46. The van der Waals surface area contributed by atoms with Gasteiger partial charge >= 0.3 is 0 Å². The lowest BCUT2D eigenvalue weighted by molar-refractivity contribution is -0.542. The molecule has 0 radical (unpaired) electrons. The third-order valence-electron chi connectivity index (χ3n) is 5.14. The molecule has 0 aromatic heterocycles. The van der Waals surface area contributed by atoms with E-state index in [0.717, 1.165) is 26.2 Å². The number of anilines is 2. The highest BCUT2D eigenvalue weighted by Crippen LogP contribution is 2.16. The van der Waals surface area contributed by atoms with E-state index in [2.05, 4.69) is 102 Å². The maximum atomic E-state index is 2.46. The second kappa shape index (κ2) is 8.94. The largest absolute Gasteiger partial charge is 0.378 e. The van der Waals surface area contributed by atoms with Gasteiger partial charge in [-0.2, -0.15) is 0 Å². The van der Waals surface area contributed by atoms with Crippen LogP contribution < -0.4 is 9.80 Å². The predicted octanol–water partition coefficient (Wildman–Crippen LogP) is 3.66. The summed E-state index contributed by atoms with van der Waals surface area (Å²) in [6.07, 6.45) is 4.84. The molecule has 0 aliphatic carbocycles. The molecular weight excluding hydrogens is 332 g/mol. The molecule has 2 aromatic carbocycles. The Labute approximate surface area is 164 Å². The zero-order valence-electron chi connectivity index (χ0n) is 17.2. The Balaban J connectivity index is 1.67. The SMILES string of the molecule is CN(C)c1ccc(CN2C=[N+](Cc3ccc(N(C)C)cc3)CCCC2)cc1. The molecular formula is C23H33N4+. The van der Waals surface area contributed by atoms with Gasteiger partial charge in [-0.25, -0.2) is 0 Å². The van der Waals surface area contributed by atoms with E-state index in [9.17, 15) is 0 Å². The summed E-state index contributed by atoms with van der Waals surface area (Å²) >= 11 is 0. The van der Waals surface area contributed by atoms with Gasteiger partial charge in [-0.15, -0.1) is 0 Å². The summed E-state index contributed by atoms with van der Waals surface area (Å²) in [5.74, 6) is 0. The zero-order chi connectivity index (χ0) is 19.2. The molecule has 1 aliphatic rings. The number of hydrogen-bond donors (Lipinski definition) is 0. The quantitative estimate of drug-likeness (QED) is 0.725. The molecule has 0 unspecified atom stereocenters. The summed E-state index contributed by atoms with van der Waals surface area (Å²) in [5, 5.41) is 0. The summed E-state index contributed by atoms with van der Waals surface area (Å²) in [6.45, 7) is 4.21. The summed E-state index contributed by atoms with van der Waals surface area (Å²) in [4.78, 5) is 6.75. The molecule has 4 heteroatoms. The molecule has 2 aromatic rings. The van der Waals surface area contributed by atoms with Crippen LogP contribution in [0.3, 0.4) is 0 Å². The van der Waals surface area contributed by atoms with Crippen LogP contribution in [-0.2, 0) is 13.1 Å². The molecule has 1 aliphatic heterocycles. The van der Waals surface area contributed by atoms with Crippen molar-refractivity contribution in [2.24, 2.45) is 0 Å². The first-order chi connectivity index (χ1) is 13.0. The number of hydrogen-bond acceptors (Lipinski definition) is 3. The second-order valence-corrected chi connectivity index (χ2v) is 7.89. The Morgan fingerprint density at radius 1 is 0.778 bits per heavy atom. The van der Waals surface area contributed by atoms with Gasteiger partial charge in [0.15, 0.2) is 0 Å².